The van der Waals surface area contributed by atoms with Crippen LogP contribution in [-0.2, 0) is 4.79 Å². The average Bonchev–Trinajstić information content (AvgIpc) is 2.08. The highest BCUT2D eigenvalue weighted by molar-refractivity contribution is 5.92. The Morgan fingerprint density at radius 2 is 2.23 bits per heavy atom. The molecule has 4 nitrogen and oxygen atoms in total. The van der Waals surface area contributed by atoms with Crippen molar-refractivity contribution in [2.75, 3.05) is 11.1 Å². The van der Waals surface area contributed by atoms with E-state index in [2.05, 4.69) is 4.98 Å². The van der Waals surface area contributed by atoms with Gasteiger partial charge in [0.25, 0.3) is 5.91 Å². The Balaban J connectivity index is 2.65. The Kier molecular flexibility index (Phi) is 2.73. The molecule has 70 valence electrons. The van der Waals surface area contributed by atoms with Gasteiger partial charge in [0, 0.05) is 0 Å². The lowest BCUT2D eigenvalue weighted by molar-refractivity contribution is -0.126. The van der Waals surface area contributed by atoms with Crippen molar-refractivity contribution in [3.63, 3.8) is 0 Å². The van der Waals surface area contributed by atoms with Gasteiger partial charge < -0.3 is 11.1 Å². The van der Waals surface area contributed by atoms with Gasteiger partial charge in [0.15, 0.2) is 0 Å². The summed E-state index contributed by atoms with van der Waals surface area (Å²) in [6.07, 6.45) is -1.83. The topological polar surface area (TPSA) is 68.0 Å². The summed E-state index contributed by atoms with van der Waals surface area (Å²) in [4.78, 5) is 14.1. The third-order valence-corrected chi connectivity index (χ3v) is 1.25. The normalized spacial score (nSPS) is 10.1. The van der Waals surface area contributed by atoms with Crippen molar-refractivity contribution in [2.24, 2.45) is 0 Å². The molecule has 1 aromatic heterocycles. The fourth-order valence-electron chi connectivity index (χ4n) is 0.676. The standard InChI is InChI=1S/C7H7F2N3O/c8-6(9)7(13)12-4-1-2-5(10)11-3-4/h1-3,6H,(H2,10,11)(H,12,13). The number of rotatable bonds is 2. The minimum Gasteiger partial charge on any atom is -0.384 e. The van der Waals surface area contributed by atoms with E-state index >= 15 is 0 Å². The van der Waals surface area contributed by atoms with Crippen LogP contribution in [0.15, 0.2) is 18.3 Å². The van der Waals surface area contributed by atoms with Gasteiger partial charge in [0.2, 0.25) is 0 Å². The average molecular weight is 187 g/mol. The van der Waals surface area contributed by atoms with Crippen LogP contribution in [0.1, 0.15) is 0 Å². The van der Waals surface area contributed by atoms with Crippen LogP contribution in [0.4, 0.5) is 20.3 Å². The number of pyridine rings is 1. The first-order chi connectivity index (χ1) is 6.09. The summed E-state index contributed by atoms with van der Waals surface area (Å²) in [7, 11) is 0. The minimum atomic E-state index is -3.03. The van der Waals surface area contributed by atoms with Crippen LogP contribution in [0, 0.1) is 0 Å². The van der Waals surface area contributed by atoms with E-state index in [0.717, 1.165) is 0 Å². The number of aromatic nitrogens is 1. The van der Waals surface area contributed by atoms with Gasteiger partial charge in [0.05, 0.1) is 11.9 Å². The van der Waals surface area contributed by atoms with Gasteiger partial charge in [-0.3, -0.25) is 4.79 Å². The monoisotopic (exact) mass is 187 g/mol. The number of hydrogen-bond acceptors (Lipinski definition) is 3. The van der Waals surface area contributed by atoms with Crippen molar-refractivity contribution in [2.45, 2.75) is 6.43 Å². The van der Waals surface area contributed by atoms with E-state index in [1.165, 1.54) is 18.3 Å². The number of alkyl halides is 2. The number of anilines is 2. The van der Waals surface area contributed by atoms with Gasteiger partial charge in [-0.05, 0) is 12.1 Å². The van der Waals surface area contributed by atoms with Crippen molar-refractivity contribution >= 4 is 17.4 Å². The third kappa shape index (κ3) is 2.66. The van der Waals surface area contributed by atoms with Crippen LogP contribution >= 0.6 is 0 Å². The molecule has 0 bridgehead atoms. The van der Waals surface area contributed by atoms with Gasteiger partial charge in [-0.1, -0.05) is 0 Å². The van der Waals surface area contributed by atoms with E-state index in [9.17, 15) is 13.6 Å². The van der Waals surface area contributed by atoms with E-state index < -0.39 is 12.3 Å². The second-order valence-electron chi connectivity index (χ2n) is 2.26. The van der Waals surface area contributed by atoms with E-state index in [4.69, 9.17) is 5.73 Å². The fraction of sp³-hybridized carbons (Fsp3) is 0.143. The Morgan fingerprint density at radius 1 is 1.54 bits per heavy atom. The van der Waals surface area contributed by atoms with E-state index in [1.54, 1.807) is 0 Å². The van der Waals surface area contributed by atoms with Crippen molar-refractivity contribution < 1.29 is 13.6 Å². The smallest absolute Gasteiger partial charge is 0.315 e. The first-order valence-electron chi connectivity index (χ1n) is 3.40. The number of amides is 1. The number of carbonyl (C=O) groups excluding carboxylic acids is 1. The number of halogens is 2. The zero-order chi connectivity index (χ0) is 9.84. The Morgan fingerprint density at radius 3 is 2.69 bits per heavy atom. The molecular weight excluding hydrogens is 180 g/mol. The first kappa shape index (κ1) is 9.37. The summed E-state index contributed by atoms with van der Waals surface area (Å²) in [5, 5.41) is 1.96. The lowest BCUT2D eigenvalue weighted by Gasteiger charge is -2.02. The maximum absolute atomic E-state index is 11.7. The number of nitrogens with two attached hydrogens (primary N) is 1. The minimum absolute atomic E-state index is 0.194. The Hall–Kier alpha value is -1.72. The summed E-state index contributed by atoms with van der Waals surface area (Å²) >= 11 is 0. The number of nitrogens with zero attached hydrogens (tertiary/aromatic N) is 1. The molecule has 1 heterocycles. The highest BCUT2D eigenvalue weighted by Gasteiger charge is 2.14. The molecule has 0 aliphatic rings. The predicted molar refractivity (Wildman–Crippen MR) is 43.3 cm³/mol. The molecule has 0 fully saturated rings. The van der Waals surface area contributed by atoms with Gasteiger partial charge in [-0.25, -0.2) is 4.98 Å². The zero-order valence-corrected chi connectivity index (χ0v) is 6.50. The molecule has 3 N–H and O–H groups in total. The van der Waals surface area contributed by atoms with Crippen molar-refractivity contribution in [3.8, 4) is 0 Å². The Labute approximate surface area is 72.8 Å². The number of nitrogen functional groups attached to an aromatic ring is 1. The first-order valence-corrected chi connectivity index (χ1v) is 3.40. The molecule has 0 unspecified atom stereocenters. The molecule has 0 saturated heterocycles. The number of carbonyl (C=O) groups is 1. The number of nitrogens with one attached hydrogen (secondary N) is 1. The molecule has 0 aliphatic carbocycles. The molecule has 0 atom stereocenters. The van der Waals surface area contributed by atoms with Crippen LogP contribution in [0.2, 0.25) is 0 Å². The molecule has 0 aromatic carbocycles. The molecule has 0 aliphatic heterocycles. The predicted octanol–water partition coefficient (Wildman–Crippen LogP) is 0.867. The van der Waals surface area contributed by atoms with Crippen molar-refractivity contribution in [1.29, 1.82) is 0 Å². The van der Waals surface area contributed by atoms with Gasteiger partial charge in [0.1, 0.15) is 5.82 Å². The van der Waals surface area contributed by atoms with Crippen LogP contribution in [-0.4, -0.2) is 17.3 Å². The largest absolute Gasteiger partial charge is 0.384 e. The second-order valence-corrected chi connectivity index (χ2v) is 2.26. The van der Waals surface area contributed by atoms with E-state index in [1.807, 2.05) is 5.32 Å². The maximum atomic E-state index is 11.7. The summed E-state index contributed by atoms with van der Waals surface area (Å²) in [6, 6.07) is 2.80. The highest BCUT2D eigenvalue weighted by atomic mass is 19.3. The quantitative estimate of drug-likeness (QED) is 0.721. The lowest BCUT2D eigenvalue weighted by Crippen LogP contribution is -2.20. The summed E-state index contributed by atoms with van der Waals surface area (Å²) < 4.78 is 23.5. The van der Waals surface area contributed by atoms with Crippen LogP contribution in [0.25, 0.3) is 0 Å². The molecular formula is C7H7F2N3O. The molecule has 0 spiro atoms. The number of hydrogen-bond donors (Lipinski definition) is 2. The van der Waals surface area contributed by atoms with Crippen molar-refractivity contribution in [1.82, 2.24) is 4.98 Å². The Bertz CT molecular complexity index is 299. The van der Waals surface area contributed by atoms with Gasteiger partial charge in [-0.15, -0.1) is 0 Å². The van der Waals surface area contributed by atoms with Crippen LogP contribution in [0.5, 0.6) is 0 Å². The molecule has 0 radical (unpaired) electrons. The van der Waals surface area contributed by atoms with E-state index in [0.29, 0.717) is 0 Å². The molecule has 1 aromatic rings. The van der Waals surface area contributed by atoms with Crippen LogP contribution in [0.3, 0.4) is 0 Å². The van der Waals surface area contributed by atoms with E-state index in [-0.39, 0.29) is 11.5 Å². The zero-order valence-electron chi connectivity index (χ0n) is 6.50. The summed E-state index contributed by atoms with van der Waals surface area (Å²) in [6.45, 7) is 0. The third-order valence-electron chi connectivity index (χ3n) is 1.25. The van der Waals surface area contributed by atoms with Gasteiger partial charge >= 0.3 is 6.43 Å². The highest BCUT2D eigenvalue weighted by Crippen LogP contribution is 2.08. The SMILES string of the molecule is Nc1ccc(NC(=O)C(F)F)cn1. The lowest BCUT2D eigenvalue weighted by atomic mass is 10.4. The summed E-state index contributed by atoms with van der Waals surface area (Å²) in [5.41, 5.74) is 5.44. The molecule has 13 heavy (non-hydrogen) atoms. The molecule has 1 amide bonds. The van der Waals surface area contributed by atoms with Crippen LogP contribution < -0.4 is 11.1 Å². The fourth-order valence-corrected chi connectivity index (χ4v) is 0.676. The van der Waals surface area contributed by atoms with Crippen molar-refractivity contribution in [3.05, 3.63) is 18.3 Å². The molecule has 0 saturated carbocycles. The molecule has 6 heteroatoms. The second kappa shape index (κ2) is 3.79. The molecule has 1 rings (SSSR count). The maximum Gasteiger partial charge on any atom is 0.315 e. The van der Waals surface area contributed by atoms with Gasteiger partial charge in [-0.2, -0.15) is 8.78 Å². The summed E-state index contributed by atoms with van der Waals surface area (Å²) in [5.74, 6) is -1.10.